The first-order valence-electron chi connectivity index (χ1n) is 9.03. The van der Waals surface area contributed by atoms with E-state index in [1.807, 2.05) is 11.8 Å². The van der Waals surface area contributed by atoms with E-state index in [0.717, 1.165) is 37.8 Å². The van der Waals surface area contributed by atoms with Crippen LogP contribution in [0.5, 0.6) is 0 Å². The van der Waals surface area contributed by atoms with Gasteiger partial charge >= 0.3 is 6.03 Å². The van der Waals surface area contributed by atoms with E-state index in [9.17, 15) is 14.0 Å². The SMILES string of the molecule is CC(c1ccc(F)cc1)N(C)C(=O)NCCCN1CCCCCC1=O. The lowest BCUT2D eigenvalue weighted by molar-refractivity contribution is -0.130. The maximum Gasteiger partial charge on any atom is 0.317 e. The van der Waals surface area contributed by atoms with Crippen LogP contribution in [-0.4, -0.2) is 48.4 Å². The number of likely N-dealkylation sites (tertiary alicyclic amines) is 1. The first kappa shape index (κ1) is 19.2. The molecule has 0 saturated carbocycles. The number of amides is 3. The van der Waals surface area contributed by atoms with Crippen LogP contribution in [0.1, 0.15) is 50.6 Å². The molecule has 1 atom stereocenters. The molecule has 0 radical (unpaired) electrons. The summed E-state index contributed by atoms with van der Waals surface area (Å²) in [4.78, 5) is 27.7. The Kier molecular flexibility index (Phi) is 7.22. The predicted molar refractivity (Wildman–Crippen MR) is 95.6 cm³/mol. The summed E-state index contributed by atoms with van der Waals surface area (Å²) < 4.78 is 13.0. The third-order valence-electron chi connectivity index (χ3n) is 4.81. The van der Waals surface area contributed by atoms with E-state index >= 15 is 0 Å². The first-order valence-corrected chi connectivity index (χ1v) is 9.03. The van der Waals surface area contributed by atoms with Crippen LogP contribution in [0.15, 0.2) is 24.3 Å². The molecular formula is C19H28FN3O2. The van der Waals surface area contributed by atoms with E-state index in [0.29, 0.717) is 19.5 Å². The summed E-state index contributed by atoms with van der Waals surface area (Å²) in [6.07, 6.45) is 4.56. The normalized spacial score (nSPS) is 16.3. The van der Waals surface area contributed by atoms with Crippen LogP contribution in [0.25, 0.3) is 0 Å². The molecule has 0 bridgehead atoms. The van der Waals surface area contributed by atoms with Gasteiger partial charge in [0.1, 0.15) is 5.82 Å². The minimum absolute atomic E-state index is 0.146. The topological polar surface area (TPSA) is 52.7 Å². The summed E-state index contributed by atoms with van der Waals surface area (Å²) in [5, 5.41) is 2.89. The third-order valence-corrected chi connectivity index (χ3v) is 4.81. The molecule has 0 aromatic heterocycles. The Morgan fingerprint density at radius 1 is 1.28 bits per heavy atom. The van der Waals surface area contributed by atoms with Crippen LogP contribution in [-0.2, 0) is 4.79 Å². The minimum Gasteiger partial charge on any atom is -0.343 e. The Balaban J connectivity index is 1.73. The molecule has 1 N–H and O–H groups in total. The van der Waals surface area contributed by atoms with Crippen molar-refractivity contribution in [2.75, 3.05) is 26.7 Å². The van der Waals surface area contributed by atoms with Gasteiger partial charge in [0.2, 0.25) is 5.91 Å². The maximum absolute atomic E-state index is 13.0. The van der Waals surface area contributed by atoms with E-state index in [4.69, 9.17) is 0 Å². The highest BCUT2D eigenvalue weighted by atomic mass is 19.1. The highest BCUT2D eigenvalue weighted by Crippen LogP contribution is 2.19. The van der Waals surface area contributed by atoms with Crippen LogP contribution in [0.2, 0.25) is 0 Å². The van der Waals surface area contributed by atoms with Crippen LogP contribution in [0.3, 0.4) is 0 Å². The Morgan fingerprint density at radius 2 is 2.00 bits per heavy atom. The van der Waals surface area contributed by atoms with Crippen LogP contribution in [0.4, 0.5) is 9.18 Å². The number of nitrogens with one attached hydrogen (secondary N) is 1. The zero-order valence-corrected chi connectivity index (χ0v) is 15.1. The van der Waals surface area contributed by atoms with Gasteiger partial charge in [-0.25, -0.2) is 9.18 Å². The number of urea groups is 1. The number of hydrogen-bond donors (Lipinski definition) is 1. The van der Waals surface area contributed by atoms with E-state index in [1.165, 1.54) is 12.1 Å². The number of benzene rings is 1. The summed E-state index contributed by atoms with van der Waals surface area (Å²) >= 11 is 0. The first-order chi connectivity index (χ1) is 12.0. The fraction of sp³-hybridized carbons (Fsp3) is 0.579. The van der Waals surface area contributed by atoms with Gasteiger partial charge < -0.3 is 15.1 Å². The van der Waals surface area contributed by atoms with Crippen LogP contribution in [0, 0.1) is 5.82 Å². The molecule has 5 nitrogen and oxygen atoms in total. The molecule has 1 fully saturated rings. The summed E-state index contributed by atoms with van der Waals surface area (Å²) in [5.74, 6) is -0.0583. The van der Waals surface area contributed by atoms with E-state index in [2.05, 4.69) is 5.32 Å². The maximum atomic E-state index is 13.0. The van der Waals surface area contributed by atoms with Crippen molar-refractivity contribution >= 4 is 11.9 Å². The van der Waals surface area contributed by atoms with Crippen molar-refractivity contribution in [3.63, 3.8) is 0 Å². The summed E-state index contributed by atoms with van der Waals surface area (Å²) in [6.45, 7) is 3.95. The fourth-order valence-corrected chi connectivity index (χ4v) is 3.01. The average Bonchev–Trinajstić information content (AvgIpc) is 2.82. The third kappa shape index (κ3) is 5.73. The Morgan fingerprint density at radius 3 is 2.72 bits per heavy atom. The number of carbonyl (C=O) groups is 2. The number of carbonyl (C=O) groups excluding carboxylic acids is 2. The van der Waals surface area contributed by atoms with Crippen LogP contribution < -0.4 is 5.32 Å². The fourth-order valence-electron chi connectivity index (χ4n) is 3.01. The number of halogens is 1. The Hall–Kier alpha value is -2.11. The molecule has 2 rings (SSSR count). The molecule has 25 heavy (non-hydrogen) atoms. The standard InChI is InChI=1S/C19H28FN3O2/c1-15(16-8-10-17(20)11-9-16)22(2)19(25)21-12-6-14-23-13-5-3-4-7-18(23)24/h8-11,15H,3-7,12-14H2,1-2H3,(H,21,25). The van der Waals surface area contributed by atoms with Crippen molar-refractivity contribution in [2.45, 2.75) is 45.1 Å². The molecule has 1 aromatic carbocycles. The molecule has 6 heteroatoms. The van der Waals surface area contributed by atoms with Gasteiger partial charge in [0.15, 0.2) is 0 Å². The van der Waals surface area contributed by atoms with Crippen molar-refractivity contribution in [1.29, 1.82) is 0 Å². The Labute approximate surface area is 149 Å². The monoisotopic (exact) mass is 349 g/mol. The zero-order valence-electron chi connectivity index (χ0n) is 15.1. The lowest BCUT2D eigenvalue weighted by atomic mass is 10.1. The molecular weight excluding hydrogens is 321 g/mol. The van der Waals surface area contributed by atoms with Crippen molar-refractivity contribution in [3.8, 4) is 0 Å². The summed E-state index contributed by atoms with van der Waals surface area (Å²) in [7, 11) is 1.72. The highest BCUT2D eigenvalue weighted by molar-refractivity contribution is 5.76. The molecule has 1 unspecified atom stereocenters. The molecule has 1 aliphatic rings. The number of rotatable bonds is 6. The van der Waals surface area contributed by atoms with Crippen molar-refractivity contribution in [2.24, 2.45) is 0 Å². The second-order valence-corrected chi connectivity index (χ2v) is 6.62. The second-order valence-electron chi connectivity index (χ2n) is 6.62. The van der Waals surface area contributed by atoms with Gasteiger partial charge in [-0.3, -0.25) is 4.79 Å². The molecule has 0 aliphatic carbocycles. The van der Waals surface area contributed by atoms with Gasteiger partial charge in [-0.15, -0.1) is 0 Å². The molecule has 1 aliphatic heterocycles. The Bertz CT molecular complexity index is 577. The zero-order chi connectivity index (χ0) is 18.2. The van der Waals surface area contributed by atoms with E-state index < -0.39 is 0 Å². The van der Waals surface area contributed by atoms with Gasteiger partial charge in [-0.05, 0) is 43.9 Å². The van der Waals surface area contributed by atoms with Crippen molar-refractivity contribution in [1.82, 2.24) is 15.1 Å². The van der Waals surface area contributed by atoms with E-state index in [1.54, 1.807) is 24.1 Å². The van der Waals surface area contributed by atoms with Gasteiger partial charge in [0.05, 0.1) is 6.04 Å². The molecule has 138 valence electrons. The van der Waals surface area contributed by atoms with E-state index in [-0.39, 0.29) is 23.8 Å². The number of nitrogens with zero attached hydrogens (tertiary/aromatic N) is 2. The summed E-state index contributed by atoms with van der Waals surface area (Å²) in [6, 6.07) is 5.86. The average molecular weight is 349 g/mol. The predicted octanol–water partition coefficient (Wildman–Crippen LogP) is 3.32. The second kappa shape index (κ2) is 9.39. The highest BCUT2D eigenvalue weighted by Gasteiger charge is 2.18. The van der Waals surface area contributed by atoms with Crippen molar-refractivity contribution < 1.29 is 14.0 Å². The molecule has 1 heterocycles. The minimum atomic E-state index is -0.286. The largest absolute Gasteiger partial charge is 0.343 e. The lowest BCUT2D eigenvalue weighted by Crippen LogP contribution is -2.40. The van der Waals surface area contributed by atoms with Gasteiger partial charge in [-0.1, -0.05) is 18.6 Å². The smallest absolute Gasteiger partial charge is 0.317 e. The molecule has 3 amide bonds. The molecule has 1 saturated heterocycles. The van der Waals surface area contributed by atoms with Crippen molar-refractivity contribution in [3.05, 3.63) is 35.6 Å². The number of hydrogen-bond acceptors (Lipinski definition) is 2. The lowest BCUT2D eigenvalue weighted by Gasteiger charge is -2.26. The molecule has 0 spiro atoms. The summed E-state index contributed by atoms with van der Waals surface area (Å²) in [5.41, 5.74) is 0.884. The van der Waals surface area contributed by atoms with Crippen LogP contribution >= 0.6 is 0 Å². The van der Waals surface area contributed by atoms with Gasteiger partial charge in [0.25, 0.3) is 0 Å². The quantitative estimate of drug-likeness (QED) is 0.801. The van der Waals surface area contributed by atoms with Gasteiger partial charge in [-0.2, -0.15) is 0 Å². The van der Waals surface area contributed by atoms with Gasteiger partial charge in [0, 0.05) is 33.1 Å². The molecule has 1 aromatic rings.